The summed E-state index contributed by atoms with van der Waals surface area (Å²) >= 11 is 10.9. The van der Waals surface area contributed by atoms with Gasteiger partial charge >= 0.3 is 0 Å². The van der Waals surface area contributed by atoms with Gasteiger partial charge in [0.25, 0.3) is 0 Å². The first-order chi connectivity index (χ1) is 8.32. The molecule has 18 heavy (non-hydrogen) atoms. The number of hydrogen-bond donors (Lipinski definition) is 2. The molecule has 0 saturated heterocycles. The van der Waals surface area contributed by atoms with Gasteiger partial charge in [0.05, 0.1) is 5.69 Å². The van der Waals surface area contributed by atoms with Crippen LogP contribution >= 0.6 is 23.8 Å². The molecule has 1 rings (SSSR count). The molecule has 0 radical (unpaired) electrons. The molecule has 5 heteroatoms. The van der Waals surface area contributed by atoms with Gasteiger partial charge in [0.15, 0.2) is 0 Å². The van der Waals surface area contributed by atoms with Crippen LogP contribution in [0.2, 0.25) is 5.02 Å². The Labute approximate surface area is 118 Å². The quantitative estimate of drug-likeness (QED) is 0.835. The predicted octanol–water partition coefficient (Wildman–Crippen LogP) is 3.20. The van der Waals surface area contributed by atoms with Crippen molar-refractivity contribution in [2.24, 2.45) is 17.6 Å². The van der Waals surface area contributed by atoms with Gasteiger partial charge in [-0.05, 0) is 24.1 Å². The average molecular weight is 285 g/mol. The van der Waals surface area contributed by atoms with E-state index in [1.165, 1.54) is 0 Å². The van der Waals surface area contributed by atoms with Crippen molar-refractivity contribution in [1.82, 2.24) is 0 Å². The van der Waals surface area contributed by atoms with Gasteiger partial charge in [0, 0.05) is 16.5 Å². The van der Waals surface area contributed by atoms with Crippen molar-refractivity contribution >= 4 is 40.4 Å². The van der Waals surface area contributed by atoms with E-state index in [2.05, 4.69) is 5.32 Å². The van der Waals surface area contributed by atoms with Crippen LogP contribution in [0.5, 0.6) is 0 Å². The predicted molar refractivity (Wildman–Crippen MR) is 80.0 cm³/mol. The highest BCUT2D eigenvalue weighted by atomic mass is 35.5. The number of rotatable bonds is 4. The van der Waals surface area contributed by atoms with Crippen LogP contribution < -0.4 is 11.1 Å². The number of halogens is 1. The molecule has 0 heterocycles. The molecule has 0 spiro atoms. The fraction of sp³-hybridized carbons (Fsp3) is 0.385. The number of carbonyl (C=O) groups excluding carboxylic acids is 1. The lowest BCUT2D eigenvalue weighted by molar-refractivity contribution is -0.120. The number of anilines is 1. The monoisotopic (exact) mass is 284 g/mol. The fourth-order valence-electron chi connectivity index (χ4n) is 1.38. The van der Waals surface area contributed by atoms with E-state index < -0.39 is 0 Å². The maximum atomic E-state index is 12.0. The Balaban J connectivity index is 2.99. The number of amides is 1. The first-order valence-electron chi connectivity index (χ1n) is 5.73. The normalized spacial score (nSPS) is 12.3. The summed E-state index contributed by atoms with van der Waals surface area (Å²) in [6, 6.07) is 5.05. The Bertz CT molecular complexity index is 474. The Kier molecular flexibility index (Phi) is 5.11. The molecule has 1 atom stereocenters. The topological polar surface area (TPSA) is 55.1 Å². The fourth-order valence-corrected chi connectivity index (χ4v) is 1.73. The lowest BCUT2D eigenvalue weighted by Crippen LogP contribution is -2.25. The second-order valence-corrected chi connectivity index (χ2v) is 5.45. The summed E-state index contributed by atoms with van der Waals surface area (Å²) in [5.41, 5.74) is 6.80. The van der Waals surface area contributed by atoms with Crippen LogP contribution in [0.25, 0.3) is 0 Å². The Morgan fingerprint density at radius 1 is 1.39 bits per heavy atom. The Hall–Kier alpha value is -1.13. The highest BCUT2D eigenvalue weighted by Gasteiger charge is 2.18. The molecule has 1 unspecified atom stereocenters. The summed E-state index contributed by atoms with van der Waals surface area (Å²) in [6.07, 6.45) is 0. The minimum absolute atomic E-state index is 0.0650. The second kappa shape index (κ2) is 6.16. The zero-order valence-electron chi connectivity index (χ0n) is 10.7. The molecule has 0 bridgehead atoms. The molecular weight excluding hydrogens is 268 g/mol. The minimum Gasteiger partial charge on any atom is -0.389 e. The van der Waals surface area contributed by atoms with E-state index in [9.17, 15) is 4.79 Å². The van der Waals surface area contributed by atoms with Crippen LogP contribution in [0.4, 0.5) is 5.69 Å². The number of carbonyl (C=O) groups is 1. The molecule has 0 aromatic heterocycles. The van der Waals surface area contributed by atoms with Gasteiger partial charge in [0.2, 0.25) is 5.91 Å². The van der Waals surface area contributed by atoms with E-state index in [4.69, 9.17) is 29.6 Å². The van der Waals surface area contributed by atoms with Crippen molar-refractivity contribution in [2.75, 3.05) is 5.32 Å². The summed E-state index contributed by atoms with van der Waals surface area (Å²) < 4.78 is 0. The van der Waals surface area contributed by atoms with Gasteiger partial charge in [-0.1, -0.05) is 44.6 Å². The van der Waals surface area contributed by atoms with E-state index in [-0.39, 0.29) is 22.7 Å². The van der Waals surface area contributed by atoms with Gasteiger partial charge < -0.3 is 11.1 Å². The summed E-state index contributed by atoms with van der Waals surface area (Å²) in [4.78, 5) is 12.2. The van der Waals surface area contributed by atoms with Crippen LogP contribution in [-0.4, -0.2) is 10.9 Å². The molecule has 1 aromatic rings. The van der Waals surface area contributed by atoms with Gasteiger partial charge in [-0.25, -0.2) is 0 Å². The van der Waals surface area contributed by atoms with Gasteiger partial charge in [-0.2, -0.15) is 0 Å². The zero-order chi connectivity index (χ0) is 13.9. The van der Waals surface area contributed by atoms with Crippen LogP contribution in [0.15, 0.2) is 18.2 Å². The smallest absolute Gasteiger partial charge is 0.227 e. The third-order valence-electron chi connectivity index (χ3n) is 2.92. The maximum absolute atomic E-state index is 12.0. The van der Waals surface area contributed by atoms with E-state index in [0.717, 1.165) is 0 Å². The van der Waals surface area contributed by atoms with E-state index >= 15 is 0 Å². The van der Waals surface area contributed by atoms with Crippen molar-refractivity contribution in [2.45, 2.75) is 20.8 Å². The number of nitrogens with two attached hydrogens (primary N) is 1. The number of thiocarbonyl (C=S) groups is 1. The molecule has 0 aliphatic rings. The van der Waals surface area contributed by atoms with E-state index in [1.54, 1.807) is 18.2 Å². The summed E-state index contributed by atoms with van der Waals surface area (Å²) in [5, 5.41) is 3.35. The van der Waals surface area contributed by atoms with Crippen LogP contribution in [0.3, 0.4) is 0 Å². The highest BCUT2D eigenvalue weighted by Crippen LogP contribution is 2.22. The Morgan fingerprint density at radius 3 is 2.50 bits per heavy atom. The molecule has 3 N–H and O–H groups in total. The molecular formula is C13H17ClN2OS. The largest absolute Gasteiger partial charge is 0.389 e. The second-order valence-electron chi connectivity index (χ2n) is 4.58. The maximum Gasteiger partial charge on any atom is 0.227 e. The minimum atomic E-state index is -0.0943. The standard InChI is InChI=1S/C13H17ClN2OS/c1-7(2)8(3)13(17)16-11-6-9(14)4-5-10(11)12(15)18/h4-8H,1-3H3,(H2,15,18)(H,16,17). The first-order valence-corrected chi connectivity index (χ1v) is 6.51. The molecule has 0 saturated carbocycles. The molecule has 3 nitrogen and oxygen atoms in total. The average Bonchev–Trinajstić information content (AvgIpc) is 2.27. The summed E-state index contributed by atoms with van der Waals surface area (Å²) in [7, 11) is 0. The van der Waals surface area contributed by atoms with Crippen molar-refractivity contribution in [3.05, 3.63) is 28.8 Å². The van der Waals surface area contributed by atoms with E-state index in [1.807, 2.05) is 20.8 Å². The highest BCUT2D eigenvalue weighted by molar-refractivity contribution is 7.80. The van der Waals surface area contributed by atoms with Gasteiger partial charge in [-0.3, -0.25) is 4.79 Å². The summed E-state index contributed by atoms with van der Waals surface area (Å²) in [5.74, 6) is 0.102. The molecule has 0 aliphatic carbocycles. The van der Waals surface area contributed by atoms with Crippen molar-refractivity contribution < 1.29 is 4.79 Å². The van der Waals surface area contributed by atoms with E-state index in [0.29, 0.717) is 16.3 Å². The van der Waals surface area contributed by atoms with Crippen LogP contribution in [0, 0.1) is 11.8 Å². The lowest BCUT2D eigenvalue weighted by Gasteiger charge is -2.17. The molecule has 0 fully saturated rings. The number of hydrogen-bond acceptors (Lipinski definition) is 2. The van der Waals surface area contributed by atoms with Gasteiger partial charge in [-0.15, -0.1) is 0 Å². The molecule has 98 valence electrons. The third kappa shape index (κ3) is 3.68. The first kappa shape index (κ1) is 14.9. The van der Waals surface area contributed by atoms with Crippen molar-refractivity contribution in [3.63, 3.8) is 0 Å². The summed E-state index contributed by atoms with van der Waals surface area (Å²) in [6.45, 7) is 5.87. The number of benzene rings is 1. The van der Waals surface area contributed by atoms with Crippen molar-refractivity contribution in [3.8, 4) is 0 Å². The van der Waals surface area contributed by atoms with Crippen molar-refractivity contribution in [1.29, 1.82) is 0 Å². The molecule has 1 amide bonds. The van der Waals surface area contributed by atoms with Gasteiger partial charge in [0.1, 0.15) is 4.99 Å². The lowest BCUT2D eigenvalue weighted by atomic mass is 9.97. The zero-order valence-corrected chi connectivity index (χ0v) is 12.2. The SMILES string of the molecule is CC(C)C(C)C(=O)Nc1cc(Cl)ccc1C(N)=S. The molecule has 0 aliphatic heterocycles. The Morgan fingerprint density at radius 2 is 2.00 bits per heavy atom. The molecule has 1 aromatic carbocycles. The number of nitrogens with one attached hydrogen (secondary N) is 1. The van der Waals surface area contributed by atoms with Crippen LogP contribution in [-0.2, 0) is 4.79 Å². The third-order valence-corrected chi connectivity index (χ3v) is 3.37. The van der Waals surface area contributed by atoms with Crippen LogP contribution in [0.1, 0.15) is 26.3 Å².